The molecule has 7 heteroatoms. The third kappa shape index (κ3) is 4.06. The van der Waals surface area contributed by atoms with Crippen molar-refractivity contribution >= 4 is 40.4 Å². The number of nitrogens with one attached hydrogen (secondary N) is 2. The maximum atomic E-state index is 12.0. The summed E-state index contributed by atoms with van der Waals surface area (Å²) in [5, 5.41) is 7.13. The van der Waals surface area contributed by atoms with Crippen molar-refractivity contribution in [3.63, 3.8) is 0 Å². The van der Waals surface area contributed by atoms with E-state index in [1.54, 1.807) is 17.9 Å². The SMILES string of the molecule is CC(=O)N1CCCc2cc(NC(=O)C(=O)NCc3cccs3)ccc21. The molecule has 2 heterocycles. The Bertz CT molecular complexity index is 802. The van der Waals surface area contributed by atoms with Gasteiger partial charge in [-0.3, -0.25) is 14.4 Å². The molecule has 1 aliphatic rings. The first-order valence-corrected chi connectivity index (χ1v) is 8.95. The molecule has 130 valence electrons. The average Bonchev–Trinajstić information content (AvgIpc) is 3.12. The number of benzene rings is 1. The number of amides is 3. The maximum absolute atomic E-state index is 12.0. The topological polar surface area (TPSA) is 78.5 Å². The highest BCUT2D eigenvalue weighted by molar-refractivity contribution is 7.09. The van der Waals surface area contributed by atoms with Gasteiger partial charge in [-0.25, -0.2) is 0 Å². The molecule has 0 atom stereocenters. The predicted octanol–water partition coefficient (Wildman–Crippen LogP) is 2.30. The first-order valence-electron chi connectivity index (χ1n) is 8.07. The van der Waals surface area contributed by atoms with Gasteiger partial charge < -0.3 is 15.5 Å². The number of carbonyl (C=O) groups excluding carboxylic acids is 3. The van der Waals surface area contributed by atoms with Gasteiger partial charge in [0.15, 0.2) is 0 Å². The molecule has 0 radical (unpaired) electrons. The molecular formula is C18H19N3O3S. The highest BCUT2D eigenvalue weighted by atomic mass is 32.1. The fraction of sp³-hybridized carbons (Fsp3) is 0.278. The minimum absolute atomic E-state index is 0.00527. The minimum Gasteiger partial charge on any atom is -0.343 e. The van der Waals surface area contributed by atoms with Gasteiger partial charge in [-0.2, -0.15) is 0 Å². The monoisotopic (exact) mass is 357 g/mol. The van der Waals surface area contributed by atoms with Crippen molar-refractivity contribution in [3.05, 3.63) is 46.2 Å². The summed E-state index contributed by atoms with van der Waals surface area (Å²) in [6.07, 6.45) is 1.72. The highest BCUT2D eigenvalue weighted by Crippen LogP contribution is 2.29. The molecule has 1 aromatic carbocycles. The van der Waals surface area contributed by atoms with Gasteiger partial charge in [0.25, 0.3) is 0 Å². The van der Waals surface area contributed by atoms with Gasteiger partial charge in [0.1, 0.15) is 0 Å². The third-order valence-electron chi connectivity index (χ3n) is 4.05. The Kier molecular flexibility index (Phi) is 5.14. The maximum Gasteiger partial charge on any atom is 0.313 e. The summed E-state index contributed by atoms with van der Waals surface area (Å²) >= 11 is 1.52. The van der Waals surface area contributed by atoms with E-state index < -0.39 is 11.8 Å². The van der Waals surface area contributed by atoms with Crippen LogP contribution in [-0.2, 0) is 27.3 Å². The second-order valence-corrected chi connectivity index (χ2v) is 6.87. The Hall–Kier alpha value is -2.67. The van der Waals surface area contributed by atoms with Crippen molar-refractivity contribution in [2.75, 3.05) is 16.8 Å². The molecule has 0 fully saturated rings. The standard InChI is InChI=1S/C18H19N3O3S/c1-12(22)21-8-2-4-13-10-14(6-7-16(13)21)20-18(24)17(23)19-11-15-5-3-9-25-15/h3,5-7,9-10H,2,4,8,11H2,1H3,(H,19,23)(H,20,24). The van der Waals surface area contributed by atoms with Crippen LogP contribution in [0.5, 0.6) is 0 Å². The molecule has 0 saturated carbocycles. The quantitative estimate of drug-likeness (QED) is 0.828. The van der Waals surface area contributed by atoms with Crippen molar-refractivity contribution in [2.45, 2.75) is 26.3 Å². The molecule has 0 aliphatic carbocycles. The van der Waals surface area contributed by atoms with E-state index in [2.05, 4.69) is 10.6 Å². The van der Waals surface area contributed by atoms with Crippen LogP contribution in [-0.4, -0.2) is 24.3 Å². The fourth-order valence-corrected chi connectivity index (χ4v) is 3.50. The van der Waals surface area contributed by atoms with E-state index in [1.165, 1.54) is 11.3 Å². The van der Waals surface area contributed by atoms with Crippen LogP contribution in [0.1, 0.15) is 23.8 Å². The third-order valence-corrected chi connectivity index (χ3v) is 4.92. The van der Waals surface area contributed by atoms with Crippen LogP contribution in [0.15, 0.2) is 35.7 Å². The summed E-state index contributed by atoms with van der Waals surface area (Å²) in [7, 11) is 0. The Balaban J connectivity index is 1.63. The van der Waals surface area contributed by atoms with E-state index in [0.717, 1.165) is 29.0 Å². The molecule has 1 aromatic heterocycles. The van der Waals surface area contributed by atoms with E-state index in [-0.39, 0.29) is 5.91 Å². The molecule has 0 unspecified atom stereocenters. The van der Waals surface area contributed by atoms with Crippen molar-refractivity contribution < 1.29 is 14.4 Å². The molecule has 0 bridgehead atoms. The average molecular weight is 357 g/mol. The molecule has 1 aliphatic heterocycles. The van der Waals surface area contributed by atoms with Crippen LogP contribution in [0, 0.1) is 0 Å². The number of nitrogens with zero attached hydrogens (tertiary/aromatic N) is 1. The van der Waals surface area contributed by atoms with Crippen LogP contribution in [0.25, 0.3) is 0 Å². The zero-order valence-electron chi connectivity index (χ0n) is 13.9. The minimum atomic E-state index is -0.698. The number of anilines is 2. The van der Waals surface area contributed by atoms with E-state index in [4.69, 9.17) is 0 Å². The largest absolute Gasteiger partial charge is 0.343 e. The van der Waals surface area contributed by atoms with Crippen LogP contribution in [0.4, 0.5) is 11.4 Å². The lowest BCUT2D eigenvalue weighted by molar-refractivity contribution is -0.136. The predicted molar refractivity (Wildman–Crippen MR) is 97.6 cm³/mol. The number of fused-ring (bicyclic) bond motifs is 1. The summed E-state index contributed by atoms with van der Waals surface area (Å²) in [6.45, 7) is 2.59. The lowest BCUT2D eigenvalue weighted by Gasteiger charge is -2.28. The second kappa shape index (κ2) is 7.48. The zero-order valence-corrected chi connectivity index (χ0v) is 14.7. The van der Waals surface area contributed by atoms with Gasteiger partial charge in [-0.15, -0.1) is 11.3 Å². The molecule has 6 nitrogen and oxygen atoms in total. The zero-order chi connectivity index (χ0) is 17.8. The van der Waals surface area contributed by atoms with Gasteiger partial charge in [0.2, 0.25) is 5.91 Å². The van der Waals surface area contributed by atoms with Crippen molar-refractivity contribution in [1.29, 1.82) is 0 Å². The van der Waals surface area contributed by atoms with E-state index in [9.17, 15) is 14.4 Å². The van der Waals surface area contributed by atoms with E-state index in [0.29, 0.717) is 18.8 Å². The first kappa shape index (κ1) is 17.2. The Labute approximate surface area is 149 Å². The number of thiophene rings is 1. The van der Waals surface area contributed by atoms with Crippen LogP contribution in [0.3, 0.4) is 0 Å². The number of aryl methyl sites for hydroxylation is 1. The number of carbonyl (C=O) groups is 3. The summed E-state index contributed by atoms with van der Waals surface area (Å²) < 4.78 is 0. The molecule has 25 heavy (non-hydrogen) atoms. The molecular weight excluding hydrogens is 338 g/mol. The summed E-state index contributed by atoms with van der Waals surface area (Å²) in [4.78, 5) is 38.3. The summed E-state index contributed by atoms with van der Waals surface area (Å²) in [6, 6.07) is 9.14. The van der Waals surface area contributed by atoms with Gasteiger partial charge in [0, 0.05) is 29.7 Å². The number of hydrogen-bond donors (Lipinski definition) is 2. The van der Waals surface area contributed by atoms with Crippen molar-refractivity contribution in [1.82, 2.24) is 5.32 Å². The van der Waals surface area contributed by atoms with E-state index in [1.807, 2.05) is 29.6 Å². The molecule has 3 amide bonds. The fourth-order valence-electron chi connectivity index (χ4n) is 2.85. The van der Waals surface area contributed by atoms with Crippen LogP contribution >= 0.6 is 11.3 Å². The van der Waals surface area contributed by atoms with Gasteiger partial charge in [0.05, 0.1) is 6.54 Å². The van der Waals surface area contributed by atoms with Crippen LogP contribution in [0.2, 0.25) is 0 Å². The molecule has 3 rings (SSSR count). The Morgan fingerprint density at radius 2 is 2.04 bits per heavy atom. The van der Waals surface area contributed by atoms with Gasteiger partial charge in [-0.1, -0.05) is 6.07 Å². The number of hydrogen-bond acceptors (Lipinski definition) is 4. The normalized spacial score (nSPS) is 13.1. The second-order valence-electron chi connectivity index (χ2n) is 5.83. The Morgan fingerprint density at radius 3 is 2.76 bits per heavy atom. The smallest absolute Gasteiger partial charge is 0.313 e. The van der Waals surface area contributed by atoms with Gasteiger partial charge >= 0.3 is 11.8 Å². The summed E-state index contributed by atoms with van der Waals surface area (Å²) in [5.74, 6) is -1.36. The number of rotatable bonds is 3. The lowest BCUT2D eigenvalue weighted by atomic mass is 10.0. The molecule has 0 saturated heterocycles. The lowest BCUT2D eigenvalue weighted by Crippen LogP contribution is -2.35. The van der Waals surface area contributed by atoms with E-state index >= 15 is 0 Å². The Morgan fingerprint density at radius 1 is 1.20 bits per heavy atom. The van der Waals surface area contributed by atoms with Crippen molar-refractivity contribution in [2.24, 2.45) is 0 Å². The highest BCUT2D eigenvalue weighted by Gasteiger charge is 2.21. The van der Waals surface area contributed by atoms with Crippen LogP contribution < -0.4 is 15.5 Å². The molecule has 2 N–H and O–H groups in total. The van der Waals surface area contributed by atoms with Crippen molar-refractivity contribution in [3.8, 4) is 0 Å². The molecule has 2 aromatic rings. The summed E-state index contributed by atoms with van der Waals surface area (Å²) in [5.41, 5.74) is 2.43. The molecule has 0 spiro atoms. The van der Waals surface area contributed by atoms with Gasteiger partial charge in [-0.05, 0) is 48.1 Å². The first-order chi connectivity index (χ1) is 12.0.